The molecule has 0 radical (unpaired) electrons. The summed E-state index contributed by atoms with van der Waals surface area (Å²) in [6, 6.07) is 17.9. The lowest BCUT2D eigenvalue weighted by atomic mass is 10.0. The lowest BCUT2D eigenvalue weighted by molar-refractivity contribution is 0.136. The Morgan fingerprint density at radius 2 is 1.55 bits per heavy atom. The first-order valence-corrected chi connectivity index (χ1v) is 13.9. The highest BCUT2D eigenvalue weighted by Gasteiger charge is 2.37. The molecule has 4 aromatic rings. The van der Waals surface area contributed by atoms with Crippen molar-refractivity contribution in [2.45, 2.75) is 30.4 Å². The minimum Gasteiger partial charge on any atom is -0.494 e. The van der Waals surface area contributed by atoms with Gasteiger partial charge in [0.2, 0.25) is 10.0 Å². The van der Waals surface area contributed by atoms with Gasteiger partial charge in [0.05, 0.1) is 16.3 Å². The summed E-state index contributed by atoms with van der Waals surface area (Å²) in [6.45, 7) is 0.615. The van der Waals surface area contributed by atoms with Crippen molar-refractivity contribution in [3.8, 4) is 17.4 Å². The van der Waals surface area contributed by atoms with Gasteiger partial charge in [-0.25, -0.2) is 13.2 Å². The van der Waals surface area contributed by atoms with E-state index in [9.17, 15) is 23.4 Å². The van der Waals surface area contributed by atoms with Crippen molar-refractivity contribution in [1.29, 1.82) is 0 Å². The fourth-order valence-corrected chi connectivity index (χ4v) is 7.26. The third-order valence-corrected chi connectivity index (χ3v) is 9.39. The molecule has 1 aromatic heterocycles. The number of nitrogens with zero attached hydrogens (tertiary/aromatic N) is 3. The summed E-state index contributed by atoms with van der Waals surface area (Å²) in [4.78, 5) is 14.4. The number of carbonyl (C=O) groups is 1. The van der Waals surface area contributed by atoms with Gasteiger partial charge in [-0.15, -0.1) is 0 Å². The van der Waals surface area contributed by atoms with Gasteiger partial charge in [0.15, 0.2) is 11.8 Å². The van der Waals surface area contributed by atoms with Crippen LogP contribution in [0.5, 0.6) is 11.8 Å². The molecule has 2 aliphatic rings. The molecule has 11 heteroatoms. The Hall–Kier alpha value is -3.73. The Morgan fingerprint density at radius 1 is 0.868 bits per heavy atom. The molecule has 9 nitrogen and oxygen atoms in total. The highest BCUT2D eigenvalue weighted by atomic mass is 35.5. The number of halogens is 1. The summed E-state index contributed by atoms with van der Waals surface area (Å²) in [6.07, 6.45) is 0.439. The van der Waals surface area contributed by atoms with Crippen LogP contribution in [0.15, 0.2) is 71.6 Å². The Bertz CT molecular complexity index is 1660. The molecule has 2 N–H and O–H groups in total. The number of hydrogen-bond acceptors (Lipinski definition) is 6. The van der Waals surface area contributed by atoms with Crippen LogP contribution in [0.3, 0.4) is 0 Å². The van der Waals surface area contributed by atoms with Gasteiger partial charge in [0, 0.05) is 52.6 Å². The van der Waals surface area contributed by atoms with Crippen LogP contribution >= 0.6 is 11.6 Å². The zero-order chi connectivity index (χ0) is 26.6. The minimum absolute atomic E-state index is 0.138. The molecular formula is C27H24ClN3O6S. The number of anilines is 1. The van der Waals surface area contributed by atoms with Gasteiger partial charge in [-0.1, -0.05) is 35.9 Å². The first-order chi connectivity index (χ1) is 18.3. The summed E-state index contributed by atoms with van der Waals surface area (Å²) >= 11 is 6.11. The maximum absolute atomic E-state index is 13.8. The molecule has 196 valence electrons. The van der Waals surface area contributed by atoms with Crippen LogP contribution in [-0.2, 0) is 21.4 Å². The van der Waals surface area contributed by atoms with Crippen LogP contribution in [0.2, 0.25) is 5.02 Å². The normalized spacial score (nSPS) is 17.0. The summed E-state index contributed by atoms with van der Waals surface area (Å²) in [5.41, 5.74) is 2.02. The molecule has 1 amide bonds. The molecule has 0 saturated carbocycles. The quantitative estimate of drug-likeness (QED) is 0.367. The largest absolute Gasteiger partial charge is 0.494 e. The number of cyclic esters (lactones) is 1. The maximum Gasteiger partial charge on any atom is 0.414 e. The number of amides is 1. The molecule has 6 rings (SSSR count). The molecule has 0 aliphatic carbocycles. The number of benzene rings is 3. The predicted molar refractivity (Wildman–Crippen MR) is 143 cm³/mol. The highest BCUT2D eigenvalue weighted by molar-refractivity contribution is 7.89. The number of aromatic hydroxyl groups is 2. The van der Waals surface area contributed by atoms with Gasteiger partial charge >= 0.3 is 6.09 Å². The molecule has 2 aliphatic heterocycles. The standard InChI is InChI=1S/C27H24ClN3O6S/c28-18-7-8-22-17(15-18)16-37-27(34)30(22)19-11-13-29(14-12-19)38(35,36)24-6-2-3-20-21(24)4-1-5-23(20)31-25(32)9-10-26(31)33/h1-10,15,19,32-33H,11-14,16H2. The van der Waals surface area contributed by atoms with Crippen LogP contribution in [0.4, 0.5) is 10.5 Å². The topological polar surface area (TPSA) is 112 Å². The number of ether oxygens (including phenoxy) is 1. The van der Waals surface area contributed by atoms with E-state index in [4.69, 9.17) is 16.3 Å². The van der Waals surface area contributed by atoms with E-state index in [1.807, 2.05) is 0 Å². The zero-order valence-electron chi connectivity index (χ0n) is 20.1. The van der Waals surface area contributed by atoms with Crippen molar-refractivity contribution in [2.24, 2.45) is 0 Å². The number of fused-ring (bicyclic) bond motifs is 2. The van der Waals surface area contributed by atoms with E-state index in [1.54, 1.807) is 59.5 Å². The molecule has 0 bridgehead atoms. The fraction of sp³-hybridized carbons (Fsp3) is 0.222. The smallest absolute Gasteiger partial charge is 0.414 e. The molecule has 1 fully saturated rings. The maximum atomic E-state index is 13.8. The molecule has 3 heterocycles. The predicted octanol–water partition coefficient (Wildman–Crippen LogP) is 5.01. The van der Waals surface area contributed by atoms with E-state index >= 15 is 0 Å². The summed E-state index contributed by atoms with van der Waals surface area (Å²) in [5.74, 6) is -0.323. The molecule has 38 heavy (non-hydrogen) atoms. The lowest BCUT2D eigenvalue weighted by Crippen LogP contribution is -2.50. The average Bonchev–Trinajstić information content (AvgIpc) is 3.25. The second-order valence-electron chi connectivity index (χ2n) is 9.35. The lowest BCUT2D eigenvalue weighted by Gasteiger charge is -2.39. The minimum atomic E-state index is -3.88. The third-order valence-electron chi connectivity index (χ3n) is 7.19. The third kappa shape index (κ3) is 3.96. The number of aromatic nitrogens is 1. The van der Waals surface area contributed by atoms with Crippen LogP contribution in [0, 0.1) is 0 Å². The fourth-order valence-electron chi connectivity index (χ4n) is 5.38. The van der Waals surface area contributed by atoms with Crippen LogP contribution < -0.4 is 4.90 Å². The van der Waals surface area contributed by atoms with E-state index < -0.39 is 16.1 Å². The molecular weight excluding hydrogens is 530 g/mol. The molecule has 0 spiro atoms. The number of sulfonamides is 1. The summed E-state index contributed by atoms with van der Waals surface area (Å²) < 4.78 is 35.7. The van der Waals surface area contributed by atoms with E-state index in [-0.39, 0.29) is 42.4 Å². The second-order valence-corrected chi connectivity index (χ2v) is 11.7. The van der Waals surface area contributed by atoms with Crippen LogP contribution in [0.25, 0.3) is 16.5 Å². The van der Waals surface area contributed by atoms with Gasteiger partial charge in [0.1, 0.15) is 6.61 Å². The Labute approximate surface area is 224 Å². The van der Waals surface area contributed by atoms with Gasteiger partial charge in [0.25, 0.3) is 0 Å². The van der Waals surface area contributed by atoms with Crippen LogP contribution in [-0.4, -0.2) is 52.7 Å². The number of hydrogen-bond donors (Lipinski definition) is 2. The number of carbonyl (C=O) groups excluding carboxylic acids is 1. The zero-order valence-corrected chi connectivity index (χ0v) is 21.7. The molecule has 1 saturated heterocycles. The van der Waals surface area contributed by atoms with Crippen molar-refractivity contribution in [3.05, 3.63) is 77.3 Å². The summed E-state index contributed by atoms with van der Waals surface area (Å²) in [7, 11) is -3.88. The van der Waals surface area contributed by atoms with Gasteiger partial charge in [-0.05, 0) is 43.2 Å². The van der Waals surface area contributed by atoms with Crippen molar-refractivity contribution >= 4 is 44.2 Å². The van der Waals surface area contributed by atoms with Crippen molar-refractivity contribution in [2.75, 3.05) is 18.0 Å². The first-order valence-electron chi connectivity index (χ1n) is 12.1. The van der Waals surface area contributed by atoms with E-state index in [0.29, 0.717) is 34.3 Å². The van der Waals surface area contributed by atoms with Crippen molar-refractivity contribution < 1.29 is 28.2 Å². The number of piperidine rings is 1. The second kappa shape index (κ2) is 9.23. The monoisotopic (exact) mass is 553 g/mol. The van der Waals surface area contributed by atoms with Gasteiger partial charge in [-0.2, -0.15) is 4.31 Å². The SMILES string of the molecule is O=C1OCc2cc(Cl)ccc2N1C1CCN(S(=O)(=O)c2cccc3c(-n4c(O)ccc4O)cccc23)CC1. The number of rotatable bonds is 4. The van der Waals surface area contributed by atoms with Crippen molar-refractivity contribution in [3.63, 3.8) is 0 Å². The Morgan fingerprint density at radius 3 is 2.29 bits per heavy atom. The van der Waals surface area contributed by atoms with Gasteiger partial charge < -0.3 is 14.9 Å². The highest BCUT2D eigenvalue weighted by Crippen LogP contribution is 2.37. The van der Waals surface area contributed by atoms with Crippen LogP contribution in [0.1, 0.15) is 18.4 Å². The first kappa shape index (κ1) is 24.6. The Kier molecular flexibility index (Phi) is 5.97. The molecule has 0 atom stereocenters. The van der Waals surface area contributed by atoms with E-state index in [2.05, 4.69) is 0 Å². The molecule has 0 unspecified atom stereocenters. The van der Waals surface area contributed by atoms with Crippen molar-refractivity contribution in [1.82, 2.24) is 8.87 Å². The van der Waals surface area contributed by atoms with E-state index in [0.717, 1.165) is 11.3 Å². The summed E-state index contributed by atoms with van der Waals surface area (Å²) in [5, 5.41) is 22.1. The van der Waals surface area contributed by atoms with E-state index in [1.165, 1.54) is 21.0 Å². The Balaban J connectivity index is 1.29. The molecule has 3 aromatic carbocycles. The average molecular weight is 554 g/mol. The van der Waals surface area contributed by atoms with Gasteiger partial charge in [-0.3, -0.25) is 9.47 Å².